The zero-order chi connectivity index (χ0) is 16.6. The normalized spacial score (nSPS) is 17.0. The first-order chi connectivity index (χ1) is 10.8. The number of nitrogen functional groups attached to an aromatic ring is 1. The fraction of sp³-hybridized carbons (Fsp3) is 0.250. The van der Waals surface area contributed by atoms with Crippen LogP contribution in [0, 0.1) is 5.82 Å². The third kappa shape index (κ3) is 4.00. The molecular formula is C16H17Cl2FN2O2S. The van der Waals surface area contributed by atoms with Gasteiger partial charge in [-0.2, -0.15) is 0 Å². The first-order valence-corrected chi connectivity index (χ1v) is 9.08. The van der Waals surface area contributed by atoms with E-state index in [1.54, 1.807) is 6.07 Å². The van der Waals surface area contributed by atoms with Crippen LogP contribution in [-0.4, -0.2) is 8.42 Å². The minimum Gasteiger partial charge on any atom is -0.399 e. The van der Waals surface area contributed by atoms with Gasteiger partial charge in [0.05, 0.1) is 4.90 Å². The Hall–Kier alpha value is -1.34. The summed E-state index contributed by atoms with van der Waals surface area (Å²) >= 11 is 5.75. The summed E-state index contributed by atoms with van der Waals surface area (Å²) in [6.45, 7) is 0. The van der Waals surface area contributed by atoms with Crippen molar-refractivity contribution in [3.63, 3.8) is 0 Å². The average molecular weight is 391 g/mol. The maximum Gasteiger partial charge on any atom is 0.241 e. The van der Waals surface area contributed by atoms with Crippen molar-refractivity contribution in [2.45, 2.75) is 30.2 Å². The Balaban J connectivity index is 0.00000208. The fourth-order valence-corrected chi connectivity index (χ4v) is 4.49. The lowest BCUT2D eigenvalue weighted by atomic mass is 9.88. The number of hydrogen-bond acceptors (Lipinski definition) is 3. The summed E-state index contributed by atoms with van der Waals surface area (Å²) in [4.78, 5) is -0.176. The first-order valence-electron chi connectivity index (χ1n) is 7.22. The molecular weight excluding hydrogens is 374 g/mol. The predicted molar refractivity (Wildman–Crippen MR) is 95.5 cm³/mol. The van der Waals surface area contributed by atoms with E-state index in [1.807, 2.05) is 12.1 Å². The molecule has 0 aromatic heterocycles. The Bertz CT molecular complexity index is 839. The number of rotatable bonds is 3. The van der Waals surface area contributed by atoms with Crippen LogP contribution in [0.15, 0.2) is 41.3 Å². The van der Waals surface area contributed by atoms with E-state index in [1.165, 1.54) is 6.07 Å². The molecule has 0 radical (unpaired) electrons. The Labute approximate surface area is 151 Å². The molecule has 0 saturated heterocycles. The van der Waals surface area contributed by atoms with Gasteiger partial charge in [0.1, 0.15) is 5.82 Å². The molecule has 1 aliphatic carbocycles. The average Bonchev–Trinajstić information content (AvgIpc) is 2.45. The number of benzene rings is 2. The Morgan fingerprint density at radius 2 is 1.96 bits per heavy atom. The van der Waals surface area contributed by atoms with Crippen molar-refractivity contribution in [3.05, 3.63) is 58.4 Å². The van der Waals surface area contributed by atoms with Crippen LogP contribution in [0.25, 0.3) is 0 Å². The van der Waals surface area contributed by atoms with E-state index in [9.17, 15) is 12.8 Å². The molecule has 0 heterocycles. The van der Waals surface area contributed by atoms with Gasteiger partial charge in [-0.1, -0.05) is 17.7 Å². The second-order valence-electron chi connectivity index (χ2n) is 5.63. The highest BCUT2D eigenvalue weighted by Gasteiger charge is 2.26. The molecule has 1 unspecified atom stereocenters. The molecule has 0 saturated carbocycles. The zero-order valence-corrected chi connectivity index (χ0v) is 15.0. The highest BCUT2D eigenvalue weighted by molar-refractivity contribution is 7.89. The van der Waals surface area contributed by atoms with Crippen molar-refractivity contribution in [2.24, 2.45) is 0 Å². The Morgan fingerprint density at radius 1 is 1.21 bits per heavy atom. The number of nitrogens with two attached hydrogens (primary N) is 1. The summed E-state index contributed by atoms with van der Waals surface area (Å²) in [5, 5.41) is 0.0437. The zero-order valence-electron chi connectivity index (χ0n) is 12.6. The molecule has 0 aliphatic heterocycles. The van der Waals surface area contributed by atoms with E-state index in [0.29, 0.717) is 12.1 Å². The molecule has 1 atom stereocenters. The summed E-state index contributed by atoms with van der Waals surface area (Å²) in [5.74, 6) is -0.685. The van der Waals surface area contributed by atoms with Crippen LogP contribution in [0.2, 0.25) is 5.02 Å². The van der Waals surface area contributed by atoms with Crippen LogP contribution in [0.1, 0.15) is 30.0 Å². The molecule has 3 N–H and O–H groups in total. The van der Waals surface area contributed by atoms with Gasteiger partial charge in [0.25, 0.3) is 0 Å². The van der Waals surface area contributed by atoms with Gasteiger partial charge >= 0.3 is 0 Å². The summed E-state index contributed by atoms with van der Waals surface area (Å²) < 4.78 is 41.1. The lowest BCUT2D eigenvalue weighted by Gasteiger charge is -2.26. The highest BCUT2D eigenvalue weighted by atomic mass is 35.5. The molecule has 0 amide bonds. The van der Waals surface area contributed by atoms with Crippen molar-refractivity contribution in [1.82, 2.24) is 4.72 Å². The van der Waals surface area contributed by atoms with Gasteiger partial charge in [0, 0.05) is 16.8 Å². The Morgan fingerprint density at radius 3 is 2.67 bits per heavy atom. The summed E-state index contributed by atoms with van der Waals surface area (Å²) in [7, 11) is -3.86. The monoisotopic (exact) mass is 390 g/mol. The molecule has 24 heavy (non-hydrogen) atoms. The van der Waals surface area contributed by atoms with Crippen molar-refractivity contribution in [2.75, 3.05) is 5.73 Å². The standard InChI is InChI=1S/C16H16ClFN2O2S.ClH/c17-11-7-12(18)9-14(8-11)23(21,22)20-16-3-1-2-10-6-13(19)4-5-15(10)16;/h4-9,16,20H,1-3,19H2;1H. The van der Waals surface area contributed by atoms with E-state index in [2.05, 4.69) is 4.72 Å². The van der Waals surface area contributed by atoms with E-state index in [0.717, 1.165) is 36.1 Å². The van der Waals surface area contributed by atoms with Crippen LogP contribution < -0.4 is 10.5 Å². The van der Waals surface area contributed by atoms with Crippen LogP contribution in [0.4, 0.5) is 10.1 Å². The quantitative estimate of drug-likeness (QED) is 0.781. The minimum atomic E-state index is -3.86. The van der Waals surface area contributed by atoms with Crippen molar-refractivity contribution >= 4 is 39.7 Å². The van der Waals surface area contributed by atoms with Crippen LogP contribution in [-0.2, 0) is 16.4 Å². The number of sulfonamides is 1. The molecule has 0 bridgehead atoms. The van der Waals surface area contributed by atoms with Crippen molar-refractivity contribution in [3.8, 4) is 0 Å². The number of aryl methyl sites for hydroxylation is 1. The summed E-state index contributed by atoms with van der Waals surface area (Å²) in [6.07, 6.45) is 2.40. The van der Waals surface area contributed by atoms with E-state index < -0.39 is 15.8 Å². The van der Waals surface area contributed by atoms with Gasteiger partial charge in [0.2, 0.25) is 10.0 Å². The molecule has 1 aliphatic rings. The minimum absolute atomic E-state index is 0. The molecule has 2 aromatic carbocycles. The molecule has 2 aromatic rings. The maximum absolute atomic E-state index is 13.4. The number of halogens is 3. The van der Waals surface area contributed by atoms with E-state index in [4.69, 9.17) is 17.3 Å². The number of nitrogens with one attached hydrogen (secondary N) is 1. The maximum atomic E-state index is 13.4. The van der Waals surface area contributed by atoms with Gasteiger partial charge in [-0.15, -0.1) is 12.4 Å². The lowest BCUT2D eigenvalue weighted by molar-refractivity contribution is 0.507. The second-order valence-corrected chi connectivity index (χ2v) is 7.78. The molecule has 0 spiro atoms. The van der Waals surface area contributed by atoms with Crippen molar-refractivity contribution < 1.29 is 12.8 Å². The van der Waals surface area contributed by atoms with Crippen LogP contribution >= 0.6 is 24.0 Å². The summed E-state index contributed by atoms with van der Waals surface area (Å²) in [6, 6.07) is 8.38. The number of anilines is 1. The molecule has 0 fully saturated rings. The summed E-state index contributed by atoms with van der Waals surface area (Å²) in [5.41, 5.74) is 8.40. The number of fused-ring (bicyclic) bond motifs is 1. The van der Waals surface area contributed by atoms with E-state index in [-0.39, 0.29) is 28.4 Å². The predicted octanol–water partition coefficient (Wildman–Crippen LogP) is 3.84. The van der Waals surface area contributed by atoms with Gasteiger partial charge < -0.3 is 5.73 Å². The fourth-order valence-electron chi connectivity index (χ4n) is 2.90. The van der Waals surface area contributed by atoms with Crippen LogP contribution in [0.5, 0.6) is 0 Å². The SMILES string of the molecule is Cl.Nc1ccc2c(c1)CCCC2NS(=O)(=O)c1cc(F)cc(Cl)c1. The van der Waals surface area contributed by atoms with Gasteiger partial charge in [-0.3, -0.25) is 0 Å². The smallest absolute Gasteiger partial charge is 0.241 e. The third-order valence-electron chi connectivity index (χ3n) is 3.93. The molecule has 3 rings (SSSR count). The van der Waals surface area contributed by atoms with Crippen LogP contribution in [0.3, 0.4) is 0 Å². The number of hydrogen-bond donors (Lipinski definition) is 2. The molecule has 130 valence electrons. The van der Waals surface area contributed by atoms with E-state index >= 15 is 0 Å². The lowest BCUT2D eigenvalue weighted by Crippen LogP contribution is -2.31. The van der Waals surface area contributed by atoms with Gasteiger partial charge in [0.15, 0.2) is 0 Å². The van der Waals surface area contributed by atoms with Gasteiger partial charge in [-0.05, 0) is 60.7 Å². The van der Waals surface area contributed by atoms with Crippen molar-refractivity contribution in [1.29, 1.82) is 0 Å². The first kappa shape index (κ1) is 19.0. The topological polar surface area (TPSA) is 72.2 Å². The van der Waals surface area contributed by atoms with Gasteiger partial charge in [-0.25, -0.2) is 17.5 Å². The highest BCUT2D eigenvalue weighted by Crippen LogP contribution is 2.32. The third-order valence-corrected chi connectivity index (χ3v) is 5.59. The largest absolute Gasteiger partial charge is 0.399 e. The molecule has 4 nitrogen and oxygen atoms in total. The Kier molecular flexibility index (Phi) is 5.75. The second kappa shape index (κ2) is 7.27. The molecule has 8 heteroatoms.